The summed E-state index contributed by atoms with van der Waals surface area (Å²) >= 11 is 0. The van der Waals surface area contributed by atoms with Gasteiger partial charge in [-0.3, -0.25) is 9.48 Å². The Bertz CT molecular complexity index is 685. The highest BCUT2D eigenvalue weighted by Crippen LogP contribution is 2.10. The predicted octanol–water partition coefficient (Wildman–Crippen LogP) is 0.903. The fourth-order valence-electron chi connectivity index (χ4n) is 2.10. The highest BCUT2D eigenvalue weighted by atomic mass is 16.1. The molecule has 1 amide bonds. The number of benzene rings is 1. The maximum Gasteiger partial charge on any atom is 0.221 e. The first-order valence-corrected chi connectivity index (χ1v) is 6.84. The van der Waals surface area contributed by atoms with Gasteiger partial charge in [-0.15, -0.1) is 0 Å². The first-order valence-electron chi connectivity index (χ1n) is 6.84. The third-order valence-corrected chi connectivity index (χ3v) is 3.16. The van der Waals surface area contributed by atoms with Gasteiger partial charge in [0, 0.05) is 19.4 Å². The highest BCUT2D eigenvalue weighted by molar-refractivity contribution is 5.76. The summed E-state index contributed by atoms with van der Waals surface area (Å²) in [4.78, 5) is 23.2. The van der Waals surface area contributed by atoms with Gasteiger partial charge in [-0.05, 0) is 12.1 Å². The Morgan fingerprint density at radius 2 is 2.24 bits per heavy atom. The minimum atomic E-state index is 0.00149. The van der Waals surface area contributed by atoms with E-state index in [1.54, 1.807) is 11.0 Å². The lowest BCUT2D eigenvalue weighted by Crippen LogP contribution is -2.26. The number of H-pyrrole nitrogens is 1. The average Bonchev–Trinajstić information content (AvgIpc) is 3.14. The molecule has 0 atom stereocenters. The summed E-state index contributed by atoms with van der Waals surface area (Å²) in [5, 5.41) is 6.83. The van der Waals surface area contributed by atoms with Crippen LogP contribution in [0.5, 0.6) is 0 Å². The van der Waals surface area contributed by atoms with Crippen LogP contribution >= 0.6 is 0 Å². The number of aromatic nitrogens is 5. The van der Waals surface area contributed by atoms with E-state index < -0.39 is 0 Å². The SMILES string of the molecule is O=C(CCn1cncn1)NCCc1nc2ccccc2[nH]1. The molecule has 0 saturated carbocycles. The van der Waals surface area contributed by atoms with Crippen molar-refractivity contribution in [1.82, 2.24) is 30.0 Å². The van der Waals surface area contributed by atoms with Gasteiger partial charge in [-0.25, -0.2) is 9.97 Å². The van der Waals surface area contributed by atoms with E-state index in [0.717, 1.165) is 16.9 Å². The van der Waals surface area contributed by atoms with Crippen molar-refractivity contribution in [1.29, 1.82) is 0 Å². The predicted molar refractivity (Wildman–Crippen MR) is 77.4 cm³/mol. The second-order valence-electron chi connectivity index (χ2n) is 4.71. The fraction of sp³-hybridized carbons (Fsp3) is 0.286. The average molecular weight is 284 g/mol. The Balaban J connectivity index is 1.44. The number of carbonyl (C=O) groups is 1. The quantitative estimate of drug-likeness (QED) is 0.704. The molecule has 2 aromatic heterocycles. The standard InChI is InChI=1S/C14H16N6O/c21-14(6-8-20-10-15-9-17-20)16-7-5-13-18-11-3-1-2-4-12(11)19-13/h1-4,9-10H,5-8H2,(H,16,21)(H,18,19). The summed E-state index contributed by atoms with van der Waals surface area (Å²) in [6, 6.07) is 7.88. The van der Waals surface area contributed by atoms with Crippen molar-refractivity contribution in [2.24, 2.45) is 0 Å². The van der Waals surface area contributed by atoms with Crippen LogP contribution in [0, 0.1) is 0 Å². The summed E-state index contributed by atoms with van der Waals surface area (Å²) in [7, 11) is 0. The van der Waals surface area contributed by atoms with Gasteiger partial charge in [0.15, 0.2) is 0 Å². The lowest BCUT2D eigenvalue weighted by Gasteiger charge is -2.03. The summed E-state index contributed by atoms with van der Waals surface area (Å²) in [5.74, 6) is 0.884. The molecule has 7 heteroatoms. The van der Waals surface area contributed by atoms with Crippen molar-refractivity contribution in [3.8, 4) is 0 Å². The van der Waals surface area contributed by atoms with Gasteiger partial charge in [0.2, 0.25) is 5.91 Å². The van der Waals surface area contributed by atoms with Gasteiger partial charge < -0.3 is 10.3 Å². The maximum absolute atomic E-state index is 11.7. The van der Waals surface area contributed by atoms with E-state index in [2.05, 4.69) is 25.4 Å². The number of aryl methyl sites for hydroxylation is 1. The number of fused-ring (bicyclic) bond motifs is 1. The zero-order valence-corrected chi connectivity index (χ0v) is 11.5. The van der Waals surface area contributed by atoms with E-state index in [1.807, 2.05) is 24.3 Å². The molecule has 2 N–H and O–H groups in total. The molecular weight excluding hydrogens is 268 g/mol. The van der Waals surface area contributed by atoms with Crippen LogP contribution in [0.3, 0.4) is 0 Å². The number of para-hydroxylation sites is 2. The topological polar surface area (TPSA) is 88.5 Å². The molecule has 1 aromatic carbocycles. The highest BCUT2D eigenvalue weighted by Gasteiger charge is 2.04. The van der Waals surface area contributed by atoms with Crippen molar-refractivity contribution < 1.29 is 4.79 Å². The van der Waals surface area contributed by atoms with Crippen LogP contribution in [0.15, 0.2) is 36.9 Å². The number of hydrogen-bond acceptors (Lipinski definition) is 4. The molecule has 0 aliphatic carbocycles. The molecule has 2 heterocycles. The van der Waals surface area contributed by atoms with E-state index in [-0.39, 0.29) is 5.91 Å². The molecule has 3 rings (SSSR count). The van der Waals surface area contributed by atoms with Crippen LogP contribution < -0.4 is 5.32 Å². The van der Waals surface area contributed by atoms with Gasteiger partial charge in [-0.2, -0.15) is 5.10 Å². The molecule has 0 fully saturated rings. The largest absolute Gasteiger partial charge is 0.356 e. The lowest BCUT2D eigenvalue weighted by atomic mass is 10.3. The molecule has 21 heavy (non-hydrogen) atoms. The zero-order chi connectivity index (χ0) is 14.5. The molecule has 0 unspecified atom stereocenters. The Morgan fingerprint density at radius 1 is 1.33 bits per heavy atom. The normalized spacial score (nSPS) is 10.9. The third-order valence-electron chi connectivity index (χ3n) is 3.16. The van der Waals surface area contributed by atoms with Crippen LogP contribution in [0.2, 0.25) is 0 Å². The third kappa shape index (κ3) is 3.44. The van der Waals surface area contributed by atoms with E-state index in [4.69, 9.17) is 0 Å². The van der Waals surface area contributed by atoms with Gasteiger partial charge in [0.05, 0.1) is 17.6 Å². The number of rotatable bonds is 6. The molecule has 0 bridgehead atoms. The Hall–Kier alpha value is -2.70. The van der Waals surface area contributed by atoms with Crippen LogP contribution in [0.1, 0.15) is 12.2 Å². The van der Waals surface area contributed by atoms with Crippen LogP contribution in [-0.2, 0) is 17.8 Å². The van der Waals surface area contributed by atoms with E-state index >= 15 is 0 Å². The summed E-state index contributed by atoms with van der Waals surface area (Å²) in [6.45, 7) is 1.10. The Labute approximate surface area is 121 Å². The summed E-state index contributed by atoms with van der Waals surface area (Å²) < 4.78 is 1.64. The smallest absolute Gasteiger partial charge is 0.221 e. The number of hydrogen-bond donors (Lipinski definition) is 2. The number of nitrogens with zero attached hydrogens (tertiary/aromatic N) is 4. The monoisotopic (exact) mass is 284 g/mol. The summed E-state index contributed by atoms with van der Waals surface area (Å²) in [6.07, 6.45) is 4.13. The van der Waals surface area contributed by atoms with Crippen LogP contribution in [0.25, 0.3) is 11.0 Å². The molecule has 0 aliphatic heterocycles. The summed E-state index contributed by atoms with van der Waals surface area (Å²) in [5.41, 5.74) is 1.97. The van der Waals surface area contributed by atoms with Crippen molar-refractivity contribution in [3.05, 3.63) is 42.7 Å². The number of carbonyl (C=O) groups excluding carboxylic acids is 1. The van der Waals surface area contributed by atoms with E-state index in [1.165, 1.54) is 6.33 Å². The van der Waals surface area contributed by atoms with Gasteiger partial charge in [-0.1, -0.05) is 12.1 Å². The van der Waals surface area contributed by atoms with Gasteiger partial charge in [0.1, 0.15) is 18.5 Å². The second-order valence-corrected chi connectivity index (χ2v) is 4.71. The van der Waals surface area contributed by atoms with E-state index in [0.29, 0.717) is 25.9 Å². The lowest BCUT2D eigenvalue weighted by molar-refractivity contribution is -0.121. The molecule has 108 valence electrons. The van der Waals surface area contributed by atoms with Crippen molar-refractivity contribution in [2.75, 3.05) is 6.54 Å². The molecule has 3 aromatic rings. The molecular formula is C14H16N6O. The zero-order valence-electron chi connectivity index (χ0n) is 11.5. The Kier molecular flexibility index (Phi) is 3.90. The molecule has 0 spiro atoms. The number of nitrogens with one attached hydrogen (secondary N) is 2. The number of aromatic amines is 1. The molecule has 0 radical (unpaired) electrons. The molecule has 0 saturated heterocycles. The van der Waals surface area contributed by atoms with Crippen molar-refractivity contribution in [2.45, 2.75) is 19.4 Å². The minimum Gasteiger partial charge on any atom is -0.356 e. The van der Waals surface area contributed by atoms with Crippen LogP contribution in [-0.4, -0.2) is 37.2 Å². The van der Waals surface area contributed by atoms with Crippen molar-refractivity contribution >= 4 is 16.9 Å². The van der Waals surface area contributed by atoms with Gasteiger partial charge >= 0.3 is 0 Å². The second kappa shape index (κ2) is 6.17. The van der Waals surface area contributed by atoms with E-state index in [9.17, 15) is 4.79 Å². The molecule has 7 nitrogen and oxygen atoms in total. The van der Waals surface area contributed by atoms with Crippen LogP contribution in [0.4, 0.5) is 0 Å². The maximum atomic E-state index is 11.7. The number of amides is 1. The number of imidazole rings is 1. The molecule has 0 aliphatic rings. The fourth-order valence-corrected chi connectivity index (χ4v) is 2.10. The first kappa shape index (κ1) is 13.3. The minimum absolute atomic E-state index is 0.00149. The first-order chi connectivity index (χ1) is 10.3. The van der Waals surface area contributed by atoms with Gasteiger partial charge in [0.25, 0.3) is 0 Å². The Morgan fingerprint density at radius 3 is 3.05 bits per heavy atom. The van der Waals surface area contributed by atoms with Crippen molar-refractivity contribution in [3.63, 3.8) is 0 Å².